The summed E-state index contributed by atoms with van der Waals surface area (Å²) in [7, 11) is 1.39. The van der Waals surface area contributed by atoms with E-state index in [-0.39, 0.29) is 11.7 Å². The number of aliphatic hydroxyl groups excluding tert-OH is 3. The summed E-state index contributed by atoms with van der Waals surface area (Å²) >= 11 is 1.15. The summed E-state index contributed by atoms with van der Waals surface area (Å²) in [6, 6.07) is 0. The summed E-state index contributed by atoms with van der Waals surface area (Å²) in [5.41, 5.74) is -0.663. The zero-order chi connectivity index (χ0) is 12.3. The first-order valence-corrected chi connectivity index (χ1v) is 5.95. The van der Waals surface area contributed by atoms with Gasteiger partial charge in [0.2, 0.25) is 0 Å². The quantitative estimate of drug-likeness (QED) is 0.386. The number of nitrogens with one attached hydrogen (secondary N) is 1. The maximum absolute atomic E-state index is 9.64. The average molecular weight is 251 g/mol. The van der Waals surface area contributed by atoms with Gasteiger partial charge in [-0.1, -0.05) is 0 Å². The van der Waals surface area contributed by atoms with Crippen LogP contribution in [0.4, 0.5) is 0 Å². The molecular weight excluding hydrogens is 234 g/mol. The Labute approximate surface area is 98.1 Å². The molecular formula is C9H17NO5S. The van der Waals surface area contributed by atoms with Crippen molar-refractivity contribution in [3.05, 3.63) is 0 Å². The molecule has 0 radical (unpaired) electrons. The van der Waals surface area contributed by atoms with Gasteiger partial charge in [0.05, 0.1) is 19.0 Å². The van der Waals surface area contributed by atoms with E-state index < -0.39 is 29.9 Å². The largest absolute Gasteiger partial charge is 0.484 e. The van der Waals surface area contributed by atoms with Gasteiger partial charge >= 0.3 is 0 Å². The third kappa shape index (κ3) is 3.08. The lowest BCUT2D eigenvalue weighted by Gasteiger charge is -2.38. The van der Waals surface area contributed by atoms with Crippen LogP contribution in [-0.4, -0.2) is 63.9 Å². The second-order valence-corrected chi connectivity index (χ2v) is 4.71. The average Bonchev–Trinajstić information content (AvgIpc) is 2.28. The predicted molar refractivity (Wildman–Crippen MR) is 59.5 cm³/mol. The molecule has 0 aliphatic carbocycles. The predicted octanol–water partition coefficient (Wildman–Crippen LogP) is -0.829. The number of rotatable bonds is 3. The smallest absolute Gasteiger partial charge is 0.190 e. The highest BCUT2D eigenvalue weighted by molar-refractivity contribution is 8.00. The number of hydrogen-bond acceptors (Lipinski definition) is 7. The van der Waals surface area contributed by atoms with Crippen LogP contribution in [0.15, 0.2) is 0 Å². The molecule has 1 fully saturated rings. The monoisotopic (exact) mass is 251 g/mol. The van der Waals surface area contributed by atoms with E-state index in [1.54, 1.807) is 6.92 Å². The van der Waals surface area contributed by atoms with Crippen LogP contribution in [0, 0.1) is 5.41 Å². The van der Waals surface area contributed by atoms with Crippen LogP contribution >= 0.6 is 11.8 Å². The van der Waals surface area contributed by atoms with Gasteiger partial charge in [-0.3, -0.25) is 5.41 Å². The minimum atomic E-state index is -1.22. The van der Waals surface area contributed by atoms with Crippen LogP contribution in [0.1, 0.15) is 6.92 Å². The van der Waals surface area contributed by atoms with Crippen molar-refractivity contribution in [2.45, 2.75) is 36.8 Å². The van der Waals surface area contributed by atoms with Gasteiger partial charge in [-0.25, -0.2) is 0 Å². The van der Waals surface area contributed by atoms with Gasteiger partial charge in [0, 0.05) is 0 Å². The zero-order valence-electron chi connectivity index (χ0n) is 9.16. The van der Waals surface area contributed by atoms with Crippen LogP contribution < -0.4 is 0 Å². The minimum absolute atomic E-state index is 0.0639. The second kappa shape index (κ2) is 5.83. The fourth-order valence-electron chi connectivity index (χ4n) is 1.37. The molecule has 7 heteroatoms. The van der Waals surface area contributed by atoms with E-state index in [0.717, 1.165) is 11.8 Å². The Bertz CT molecular complexity index is 252. The molecule has 0 bridgehead atoms. The molecule has 1 rings (SSSR count). The molecule has 16 heavy (non-hydrogen) atoms. The Morgan fingerprint density at radius 1 is 1.31 bits per heavy atom. The Hall–Kier alpha value is -0.340. The van der Waals surface area contributed by atoms with E-state index in [1.807, 2.05) is 0 Å². The van der Waals surface area contributed by atoms with Crippen molar-refractivity contribution < 1.29 is 24.8 Å². The molecule has 1 saturated heterocycles. The normalized spacial score (nSPS) is 39.4. The highest BCUT2D eigenvalue weighted by atomic mass is 32.2. The molecule has 0 spiro atoms. The van der Waals surface area contributed by atoms with Crippen LogP contribution in [0.25, 0.3) is 0 Å². The molecule has 0 aromatic carbocycles. The van der Waals surface area contributed by atoms with Crippen LogP contribution in [0.5, 0.6) is 0 Å². The van der Waals surface area contributed by atoms with Crippen molar-refractivity contribution in [1.29, 1.82) is 5.41 Å². The number of aliphatic hydroxyl groups is 3. The molecule has 6 nitrogen and oxygen atoms in total. The van der Waals surface area contributed by atoms with Crippen molar-refractivity contribution in [1.82, 2.24) is 0 Å². The summed E-state index contributed by atoms with van der Waals surface area (Å²) in [5.74, 6) is 0.308. The molecule has 0 amide bonds. The lowest BCUT2D eigenvalue weighted by atomic mass is 10.0. The summed E-state index contributed by atoms with van der Waals surface area (Å²) in [6.07, 6.45) is -4.03. The fraction of sp³-hybridized carbons (Fsp3) is 0.889. The maximum Gasteiger partial charge on any atom is 0.190 e. The number of methoxy groups -OCH3 is 1. The number of hydrogen-bond donors (Lipinski definition) is 4. The Balaban J connectivity index is 2.50. The Morgan fingerprint density at radius 3 is 2.50 bits per heavy atom. The highest BCUT2D eigenvalue weighted by Crippen LogP contribution is 2.28. The molecule has 0 aromatic rings. The van der Waals surface area contributed by atoms with Crippen LogP contribution in [-0.2, 0) is 9.47 Å². The third-order valence-corrected chi connectivity index (χ3v) is 3.58. The highest BCUT2D eigenvalue weighted by Gasteiger charge is 2.41. The van der Waals surface area contributed by atoms with Crippen molar-refractivity contribution in [3.63, 3.8) is 0 Å². The first-order valence-electron chi connectivity index (χ1n) is 4.90. The van der Waals surface area contributed by atoms with Crippen molar-refractivity contribution >= 4 is 17.7 Å². The zero-order valence-corrected chi connectivity index (χ0v) is 9.98. The topological polar surface area (TPSA) is 103 Å². The molecule has 5 atom stereocenters. The van der Waals surface area contributed by atoms with Crippen LogP contribution in [0.2, 0.25) is 0 Å². The second-order valence-electron chi connectivity index (χ2n) is 3.62. The van der Waals surface area contributed by atoms with Crippen molar-refractivity contribution in [2.24, 2.45) is 0 Å². The lowest BCUT2D eigenvalue weighted by Crippen LogP contribution is -2.55. The van der Waals surface area contributed by atoms with Crippen molar-refractivity contribution in [2.75, 3.05) is 12.9 Å². The molecule has 4 N–H and O–H groups in total. The molecule has 0 saturated carbocycles. The molecule has 94 valence electrons. The summed E-state index contributed by atoms with van der Waals surface area (Å²) < 4.78 is 9.99. The van der Waals surface area contributed by atoms with Crippen LogP contribution in [0.3, 0.4) is 0 Å². The maximum atomic E-state index is 9.64. The Kier molecular flexibility index (Phi) is 5.00. The van der Waals surface area contributed by atoms with Gasteiger partial charge < -0.3 is 24.8 Å². The molecule has 1 heterocycles. The lowest BCUT2D eigenvalue weighted by molar-refractivity contribution is -0.192. The SMILES string of the molecule is COC(=N)CSC1O[C@@H](C)[C@@H](O)[C@@H](O)[C@@H]1O. The summed E-state index contributed by atoms with van der Waals surface area (Å²) in [4.78, 5) is 0. The third-order valence-electron chi connectivity index (χ3n) is 2.43. The number of thioether (sulfide) groups is 1. The molecule has 1 unspecified atom stereocenters. The van der Waals surface area contributed by atoms with Crippen molar-refractivity contribution in [3.8, 4) is 0 Å². The summed E-state index contributed by atoms with van der Waals surface area (Å²) in [6.45, 7) is 1.62. The van der Waals surface area contributed by atoms with Gasteiger partial charge in [-0.15, -0.1) is 11.8 Å². The van der Waals surface area contributed by atoms with E-state index in [2.05, 4.69) is 4.74 Å². The fourth-order valence-corrected chi connectivity index (χ4v) is 2.41. The standard InChI is InChI=1S/C9H17NO5S/c1-4-6(11)7(12)8(13)9(15-4)16-3-5(10)14-2/h4,6-13H,3H2,1-2H3/t4-,6+,7+,8-,9?/m0/s1. The van der Waals surface area contributed by atoms with Gasteiger partial charge in [0.1, 0.15) is 23.7 Å². The van der Waals surface area contributed by atoms with E-state index in [1.165, 1.54) is 7.11 Å². The van der Waals surface area contributed by atoms with Gasteiger partial charge in [0.15, 0.2) is 5.90 Å². The van der Waals surface area contributed by atoms with Gasteiger partial charge in [-0.2, -0.15) is 0 Å². The first kappa shape index (κ1) is 13.7. The first-order chi connectivity index (χ1) is 7.47. The molecule has 1 aliphatic rings. The molecule has 0 aromatic heterocycles. The van der Waals surface area contributed by atoms with E-state index >= 15 is 0 Å². The number of ether oxygens (including phenoxy) is 2. The van der Waals surface area contributed by atoms with E-state index in [0.29, 0.717) is 0 Å². The van der Waals surface area contributed by atoms with E-state index in [9.17, 15) is 15.3 Å². The Morgan fingerprint density at radius 2 is 1.94 bits per heavy atom. The van der Waals surface area contributed by atoms with Gasteiger partial charge in [-0.05, 0) is 6.92 Å². The summed E-state index contributed by atoms with van der Waals surface area (Å²) in [5, 5.41) is 35.9. The molecule has 1 aliphatic heterocycles. The van der Waals surface area contributed by atoms with E-state index in [4.69, 9.17) is 10.1 Å². The minimum Gasteiger partial charge on any atom is -0.484 e. The van der Waals surface area contributed by atoms with Gasteiger partial charge in [0.25, 0.3) is 0 Å².